The van der Waals surface area contributed by atoms with E-state index in [4.69, 9.17) is 0 Å². The second kappa shape index (κ2) is 4.47. The van der Waals surface area contributed by atoms with E-state index in [0.29, 0.717) is 12.0 Å². The third-order valence-corrected chi connectivity index (χ3v) is 3.21. The van der Waals surface area contributed by atoms with Crippen molar-refractivity contribution in [1.82, 2.24) is 5.32 Å². The van der Waals surface area contributed by atoms with E-state index in [2.05, 4.69) is 12.2 Å². The molecular weight excluding hydrogens is 186 g/mol. The van der Waals surface area contributed by atoms with Crippen molar-refractivity contribution in [3.63, 3.8) is 0 Å². The number of carbonyl (C=O) groups excluding carboxylic acids is 1. The fourth-order valence-corrected chi connectivity index (χ4v) is 2.20. The molecule has 2 rings (SSSR count). The lowest BCUT2D eigenvalue weighted by atomic mass is 10.1. The van der Waals surface area contributed by atoms with E-state index in [1.165, 1.54) is 12.8 Å². The number of amides is 1. The Labute approximate surface area is 90.7 Å². The number of hydrogen-bond donors (Lipinski definition) is 1. The molecule has 2 nitrogen and oxygen atoms in total. The lowest BCUT2D eigenvalue weighted by Crippen LogP contribution is -2.36. The largest absolute Gasteiger partial charge is 0.349 e. The summed E-state index contributed by atoms with van der Waals surface area (Å²) in [6.07, 6.45) is 3.60. The first-order chi connectivity index (χ1) is 7.27. The van der Waals surface area contributed by atoms with Gasteiger partial charge in [0.25, 0.3) is 5.91 Å². The van der Waals surface area contributed by atoms with Crippen molar-refractivity contribution in [1.29, 1.82) is 0 Å². The molecule has 0 aromatic heterocycles. The van der Waals surface area contributed by atoms with Crippen molar-refractivity contribution in [2.24, 2.45) is 5.92 Å². The highest BCUT2D eigenvalue weighted by molar-refractivity contribution is 5.94. The van der Waals surface area contributed by atoms with E-state index >= 15 is 0 Å². The van der Waals surface area contributed by atoms with Gasteiger partial charge in [-0.15, -0.1) is 0 Å². The van der Waals surface area contributed by atoms with E-state index in [1.807, 2.05) is 30.3 Å². The Bertz CT molecular complexity index is 334. The van der Waals surface area contributed by atoms with Gasteiger partial charge in [0.15, 0.2) is 0 Å². The molecule has 0 saturated heterocycles. The highest BCUT2D eigenvalue weighted by Crippen LogP contribution is 2.24. The Morgan fingerprint density at radius 2 is 2.00 bits per heavy atom. The van der Waals surface area contributed by atoms with Gasteiger partial charge in [0, 0.05) is 11.6 Å². The van der Waals surface area contributed by atoms with Crippen LogP contribution in [0.2, 0.25) is 0 Å². The van der Waals surface area contributed by atoms with E-state index < -0.39 is 0 Å². The van der Waals surface area contributed by atoms with Crippen LogP contribution in [-0.2, 0) is 0 Å². The molecule has 1 amide bonds. The summed E-state index contributed by atoms with van der Waals surface area (Å²) in [4.78, 5) is 11.8. The van der Waals surface area contributed by atoms with Gasteiger partial charge in [0.05, 0.1) is 0 Å². The van der Waals surface area contributed by atoms with E-state index in [9.17, 15) is 4.79 Å². The molecule has 0 bridgehead atoms. The topological polar surface area (TPSA) is 29.1 Å². The fourth-order valence-electron chi connectivity index (χ4n) is 2.20. The summed E-state index contributed by atoms with van der Waals surface area (Å²) in [7, 11) is 0. The summed E-state index contributed by atoms with van der Waals surface area (Å²) in [5.41, 5.74) is 0.761. The fraction of sp³-hybridized carbons (Fsp3) is 0.462. The predicted octanol–water partition coefficient (Wildman–Crippen LogP) is 2.61. The zero-order valence-electron chi connectivity index (χ0n) is 9.07. The van der Waals surface area contributed by atoms with E-state index in [0.717, 1.165) is 12.0 Å². The van der Waals surface area contributed by atoms with Crippen LogP contribution >= 0.6 is 0 Å². The maximum atomic E-state index is 11.8. The molecule has 15 heavy (non-hydrogen) atoms. The maximum absolute atomic E-state index is 11.8. The number of nitrogens with one attached hydrogen (secondary N) is 1. The van der Waals surface area contributed by atoms with Crippen LogP contribution < -0.4 is 5.32 Å². The molecule has 1 fully saturated rings. The van der Waals surface area contributed by atoms with Gasteiger partial charge in [-0.05, 0) is 30.9 Å². The van der Waals surface area contributed by atoms with Gasteiger partial charge < -0.3 is 5.32 Å². The van der Waals surface area contributed by atoms with E-state index in [1.54, 1.807) is 0 Å². The molecule has 0 heterocycles. The van der Waals surface area contributed by atoms with Crippen LogP contribution in [0.5, 0.6) is 0 Å². The second-order valence-corrected chi connectivity index (χ2v) is 4.35. The predicted molar refractivity (Wildman–Crippen MR) is 60.7 cm³/mol. The normalized spacial score (nSPS) is 25.1. The summed E-state index contributed by atoms with van der Waals surface area (Å²) in [6, 6.07) is 9.80. The molecule has 1 aromatic carbocycles. The van der Waals surface area contributed by atoms with Crippen molar-refractivity contribution in [3.8, 4) is 0 Å². The summed E-state index contributed by atoms with van der Waals surface area (Å²) in [5, 5.41) is 3.11. The van der Waals surface area contributed by atoms with Crippen molar-refractivity contribution in [3.05, 3.63) is 35.9 Å². The summed E-state index contributed by atoms with van der Waals surface area (Å²) < 4.78 is 0. The van der Waals surface area contributed by atoms with Crippen molar-refractivity contribution in [2.45, 2.75) is 32.2 Å². The molecule has 1 N–H and O–H groups in total. The lowest BCUT2D eigenvalue weighted by Gasteiger charge is -2.17. The minimum absolute atomic E-state index is 0.0642. The molecule has 0 unspecified atom stereocenters. The number of carbonyl (C=O) groups is 1. The molecule has 0 radical (unpaired) electrons. The first kappa shape index (κ1) is 10.2. The Morgan fingerprint density at radius 3 is 2.60 bits per heavy atom. The average molecular weight is 203 g/mol. The van der Waals surface area contributed by atoms with Crippen LogP contribution in [0.4, 0.5) is 0 Å². The van der Waals surface area contributed by atoms with Crippen LogP contribution in [0.25, 0.3) is 0 Å². The first-order valence-electron chi connectivity index (χ1n) is 5.63. The Hall–Kier alpha value is -1.31. The molecule has 2 heteroatoms. The number of rotatable bonds is 2. The van der Waals surface area contributed by atoms with Gasteiger partial charge in [0.1, 0.15) is 0 Å². The maximum Gasteiger partial charge on any atom is 0.251 e. The third kappa shape index (κ3) is 2.38. The standard InChI is InChI=1S/C13H17NO/c1-10-6-5-9-12(10)14-13(15)11-7-3-2-4-8-11/h2-4,7-8,10,12H,5-6,9H2,1H3,(H,14,15)/t10-,12-/m1/s1. The zero-order valence-corrected chi connectivity index (χ0v) is 9.07. The second-order valence-electron chi connectivity index (χ2n) is 4.35. The molecule has 1 aliphatic carbocycles. The van der Waals surface area contributed by atoms with Gasteiger partial charge in [0.2, 0.25) is 0 Å². The molecule has 80 valence electrons. The minimum atomic E-state index is 0.0642. The highest BCUT2D eigenvalue weighted by atomic mass is 16.1. The summed E-state index contributed by atoms with van der Waals surface area (Å²) >= 11 is 0. The SMILES string of the molecule is C[C@@H]1CCC[C@H]1NC(=O)c1ccccc1. The molecule has 1 aromatic rings. The van der Waals surface area contributed by atoms with Crippen LogP contribution in [0.3, 0.4) is 0 Å². The van der Waals surface area contributed by atoms with Gasteiger partial charge in [-0.1, -0.05) is 31.5 Å². The Balaban J connectivity index is 1.98. The summed E-state index contributed by atoms with van der Waals surface area (Å²) in [6.45, 7) is 2.21. The van der Waals surface area contributed by atoms with Crippen LogP contribution in [0.1, 0.15) is 36.5 Å². The number of hydrogen-bond acceptors (Lipinski definition) is 1. The van der Waals surface area contributed by atoms with Crippen molar-refractivity contribution >= 4 is 5.91 Å². The Kier molecular flexibility index (Phi) is 3.05. The number of benzene rings is 1. The first-order valence-corrected chi connectivity index (χ1v) is 5.63. The molecule has 1 saturated carbocycles. The van der Waals surface area contributed by atoms with Crippen molar-refractivity contribution in [2.75, 3.05) is 0 Å². The molecular formula is C13H17NO. The monoisotopic (exact) mass is 203 g/mol. The summed E-state index contributed by atoms with van der Waals surface area (Å²) in [5.74, 6) is 0.687. The van der Waals surface area contributed by atoms with Crippen LogP contribution in [-0.4, -0.2) is 11.9 Å². The molecule has 0 spiro atoms. The average Bonchev–Trinajstić information content (AvgIpc) is 2.66. The van der Waals surface area contributed by atoms with Gasteiger partial charge in [-0.3, -0.25) is 4.79 Å². The molecule has 2 atom stereocenters. The van der Waals surface area contributed by atoms with Crippen LogP contribution in [0, 0.1) is 5.92 Å². The van der Waals surface area contributed by atoms with Gasteiger partial charge in [-0.25, -0.2) is 0 Å². The van der Waals surface area contributed by atoms with Gasteiger partial charge in [-0.2, -0.15) is 0 Å². The Morgan fingerprint density at radius 1 is 1.27 bits per heavy atom. The highest BCUT2D eigenvalue weighted by Gasteiger charge is 2.24. The molecule has 1 aliphatic rings. The van der Waals surface area contributed by atoms with Crippen LogP contribution in [0.15, 0.2) is 30.3 Å². The minimum Gasteiger partial charge on any atom is -0.349 e. The van der Waals surface area contributed by atoms with Crippen molar-refractivity contribution < 1.29 is 4.79 Å². The van der Waals surface area contributed by atoms with E-state index in [-0.39, 0.29) is 5.91 Å². The quantitative estimate of drug-likeness (QED) is 0.786. The smallest absolute Gasteiger partial charge is 0.251 e. The third-order valence-electron chi connectivity index (χ3n) is 3.21. The molecule has 0 aliphatic heterocycles. The van der Waals surface area contributed by atoms with Gasteiger partial charge >= 0.3 is 0 Å². The lowest BCUT2D eigenvalue weighted by molar-refractivity contribution is 0.0929. The zero-order chi connectivity index (χ0) is 10.7.